The highest BCUT2D eigenvalue weighted by atomic mass is 15.3. The van der Waals surface area contributed by atoms with E-state index >= 15 is 0 Å². The molecule has 27 heavy (non-hydrogen) atoms. The minimum Gasteiger partial charge on any atom is -0.313 e. The first-order valence-corrected chi connectivity index (χ1v) is 10.0. The average molecular weight is 358 g/mol. The van der Waals surface area contributed by atoms with Crippen LogP contribution in [0.25, 0.3) is 11.1 Å². The predicted molar refractivity (Wildman–Crippen MR) is 108 cm³/mol. The van der Waals surface area contributed by atoms with Crippen molar-refractivity contribution in [2.45, 2.75) is 45.7 Å². The maximum absolute atomic E-state index is 4.44. The van der Waals surface area contributed by atoms with Crippen LogP contribution in [0.5, 0.6) is 0 Å². The lowest BCUT2D eigenvalue weighted by atomic mass is 10.0. The summed E-state index contributed by atoms with van der Waals surface area (Å²) in [5.74, 6) is 2.70. The second-order valence-electron chi connectivity index (χ2n) is 8.13. The maximum Gasteiger partial charge on any atom is 0.135 e. The molecule has 0 amide bonds. The van der Waals surface area contributed by atoms with Gasteiger partial charge in [0.15, 0.2) is 0 Å². The average Bonchev–Trinajstić information content (AvgIpc) is 3.19. The molecule has 4 heteroatoms. The molecule has 3 aromatic rings. The number of hydrogen-bond acceptors (Lipinski definition) is 3. The van der Waals surface area contributed by atoms with E-state index < -0.39 is 0 Å². The van der Waals surface area contributed by atoms with Crippen LogP contribution in [0.3, 0.4) is 0 Å². The summed E-state index contributed by atoms with van der Waals surface area (Å²) in [6.07, 6.45) is 2.05. The monoisotopic (exact) mass is 358 g/mol. The van der Waals surface area contributed by atoms with Gasteiger partial charge in [0.2, 0.25) is 0 Å². The van der Waals surface area contributed by atoms with Gasteiger partial charge in [0.25, 0.3) is 0 Å². The Morgan fingerprint density at radius 1 is 0.926 bits per heavy atom. The molecule has 2 heterocycles. The number of benzene rings is 2. The molecule has 0 atom stereocenters. The Balaban J connectivity index is 1.32. The van der Waals surface area contributed by atoms with Crippen molar-refractivity contribution >= 4 is 0 Å². The molecule has 0 saturated heterocycles. The molecule has 1 aliphatic carbocycles. The molecule has 0 unspecified atom stereocenters. The highest BCUT2D eigenvalue weighted by Gasteiger charge is 2.21. The number of hydrogen-bond donors (Lipinski definition) is 0. The predicted octanol–water partition coefficient (Wildman–Crippen LogP) is 4.03. The third-order valence-corrected chi connectivity index (χ3v) is 5.93. The van der Waals surface area contributed by atoms with Crippen molar-refractivity contribution in [3.05, 3.63) is 70.8 Å². The van der Waals surface area contributed by atoms with E-state index in [1.807, 2.05) is 0 Å². The number of rotatable bonds is 3. The number of nitrogens with zero attached hydrogens (tertiary/aromatic N) is 4. The lowest BCUT2D eigenvalue weighted by Crippen LogP contribution is -2.26. The summed E-state index contributed by atoms with van der Waals surface area (Å²) in [6, 6.07) is 15.8. The largest absolute Gasteiger partial charge is 0.313 e. The molecule has 1 aliphatic heterocycles. The van der Waals surface area contributed by atoms with E-state index in [4.69, 9.17) is 0 Å². The Hall–Kier alpha value is -2.46. The van der Waals surface area contributed by atoms with Crippen LogP contribution in [0.1, 0.15) is 48.1 Å². The molecule has 0 fully saturated rings. The van der Waals surface area contributed by atoms with Crippen LogP contribution < -0.4 is 0 Å². The van der Waals surface area contributed by atoms with Gasteiger partial charge in [0, 0.05) is 38.5 Å². The number of fused-ring (bicyclic) bond motifs is 4. The van der Waals surface area contributed by atoms with E-state index in [0.717, 1.165) is 50.7 Å². The van der Waals surface area contributed by atoms with E-state index in [2.05, 4.69) is 76.0 Å². The van der Waals surface area contributed by atoms with Crippen molar-refractivity contribution in [3.8, 4) is 11.1 Å². The highest BCUT2D eigenvalue weighted by molar-refractivity contribution is 5.76. The van der Waals surface area contributed by atoms with Gasteiger partial charge < -0.3 is 4.57 Å². The molecule has 2 aromatic carbocycles. The third kappa shape index (κ3) is 2.98. The van der Waals surface area contributed by atoms with Crippen LogP contribution in [-0.4, -0.2) is 32.8 Å². The normalized spacial score (nSPS) is 16.1. The quantitative estimate of drug-likeness (QED) is 0.554. The summed E-state index contributed by atoms with van der Waals surface area (Å²) in [4.78, 5) is 2.56. The van der Waals surface area contributed by atoms with E-state index in [0.29, 0.717) is 5.92 Å². The molecule has 0 saturated carbocycles. The van der Waals surface area contributed by atoms with Crippen LogP contribution in [0, 0.1) is 0 Å². The highest BCUT2D eigenvalue weighted by Crippen LogP contribution is 2.36. The van der Waals surface area contributed by atoms with Gasteiger partial charge in [-0.25, -0.2) is 0 Å². The molecule has 2 aliphatic rings. The SMILES string of the molecule is CC(C)c1nnc2n1CCN(Cc1ccc3c(c1)Cc1ccccc1-3)CC2. The van der Waals surface area contributed by atoms with Crippen molar-refractivity contribution in [3.63, 3.8) is 0 Å². The van der Waals surface area contributed by atoms with Gasteiger partial charge in [0.1, 0.15) is 11.6 Å². The summed E-state index contributed by atoms with van der Waals surface area (Å²) in [5, 5.41) is 8.84. The van der Waals surface area contributed by atoms with E-state index in [1.165, 1.54) is 27.8 Å². The molecule has 5 rings (SSSR count). The van der Waals surface area contributed by atoms with E-state index in [-0.39, 0.29) is 0 Å². The Kier molecular flexibility index (Phi) is 4.09. The first-order valence-electron chi connectivity index (χ1n) is 10.0. The van der Waals surface area contributed by atoms with Gasteiger partial charge in [-0.3, -0.25) is 4.90 Å². The molecule has 1 aromatic heterocycles. The van der Waals surface area contributed by atoms with Gasteiger partial charge in [-0.05, 0) is 34.2 Å². The first-order chi connectivity index (χ1) is 13.2. The second kappa shape index (κ2) is 6.61. The molecule has 0 N–H and O–H groups in total. The van der Waals surface area contributed by atoms with Gasteiger partial charge in [0.05, 0.1) is 0 Å². The fourth-order valence-corrected chi connectivity index (χ4v) is 4.53. The smallest absolute Gasteiger partial charge is 0.135 e. The molecule has 4 nitrogen and oxygen atoms in total. The van der Waals surface area contributed by atoms with Crippen molar-refractivity contribution in [1.82, 2.24) is 19.7 Å². The summed E-state index contributed by atoms with van der Waals surface area (Å²) >= 11 is 0. The maximum atomic E-state index is 4.44. The molecule has 0 bridgehead atoms. The molecular weight excluding hydrogens is 332 g/mol. The van der Waals surface area contributed by atoms with Crippen molar-refractivity contribution in [2.24, 2.45) is 0 Å². The van der Waals surface area contributed by atoms with Crippen LogP contribution in [0.15, 0.2) is 42.5 Å². The standard InChI is InChI=1S/C23H26N4/c1-16(2)23-25-24-22-9-10-26(11-12-27(22)23)15-17-7-8-21-19(13-17)14-18-5-3-4-6-20(18)21/h3-8,13,16H,9-12,14-15H2,1-2H3. The van der Waals surface area contributed by atoms with Crippen LogP contribution in [-0.2, 0) is 25.9 Å². The zero-order chi connectivity index (χ0) is 18.4. The molecule has 138 valence electrons. The van der Waals surface area contributed by atoms with Gasteiger partial charge in [-0.15, -0.1) is 10.2 Å². The lowest BCUT2D eigenvalue weighted by Gasteiger charge is -2.20. The van der Waals surface area contributed by atoms with Crippen LogP contribution in [0.4, 0.5) is 0 Å². The second-order valence-corrected chi connectivity index (χ2v) is 8.13. The van der Waals surface area contributed by atoms with E-state index in [9.17, 15) is 0 Å². The Morgan fingerprint density at radius 2 is 1.78 bits per heavy atom. The fourth-order valence-electron chi connectivity index (χ4n) is 4.53. The molecular formula is C23H26N4. The first kappa shape index (κ1) is 16.7. The van der Waals surface area contributed by atoms with Crippen LogP contribution in [0.2, 0.25) is 0 Å². The zero-order valence-electron chi connectivity index (χ0n) is 16.2. The molecule has 0 radical (unpaired) electrons. The van der Waals surface area contributed by atoms with E-state index in [1.54, 1.807) is 0 Å². The lowest BCUT2D eigenvalue weighted by molar-refractivity contribution is 0.270. The fraction of sp³-hybridized carbons (Fsp3) is 0.391. The Labute approximate surface area is 160 Å². The zero-order valence-corrected chi connectivity index (χ0v) is 16.2. The third-order valence-electron chi connectivity index (χ3n) is 5.93. The van der Waals surface area contributed by atoms with Gasteiger partial charge in [-0.2, -0.15) is 0 Å². The summed E-state index contributed by atoms with van der Waals surface area (Å²) in [6.45, 7) is 8.51. The Morgan fingerprint density at radius 3 is 2.67 bits per heavy atom. The van der Waals surface area contributed by atoms with Crippen LogP contribution >= 0.6 is 0 Å². The van der Waals surface area contributed by atoms with Crippen molar-refractivity contribution < 1.29 is 0 Å². The van der Waals surface area contributed by atoms with Crippen molar-refractivity contribution in [2.75, 3.05) is 13.1 Å². The van der Waals surface area contributed by atoms with Gasteiger partial charge in [-0.1, -0.05) is 56.3 Å². The number of aromatic nitrogens is 3. The minimum atomic E-state index is 0.427. The minimum absolute atomic E-state index is 0.427. The van der Waals surface area contributed by atoms with Crippen molar-refractivity contribution in [1.29, 1.82) is 0 Å². The Bertz CT molecular complexity index is 986. The summed E-state index contributed by atoms with van der Waals surface area (Å²) < 4.78 is 2.34. The summed E-state index contributed by atoms with van der Waals surface area (Å²) in [7, 11) is 0. The molecule has 0 spiro atoms. The van der Waals surface area contributed by atoms with Gasteiger partial charge >= 0.3 is 0 Å². The summed E-state index contributed by atoms with van der Waals surface area (Å²) in [5.41, 5.74) is 7.18. The topological polar surface area (TPSA) is 34.0 Å².